The Labute approximate surface area is 126 Å². The van der Waals surface area contributed by atoms with E-state index >= 15 is 0 Å². The molecule has 0 saturated carbocycles. The molecule has 2 aromatic carbocycles. The second kappa shape index (κ2) is 5.26. The Balaban J connectivity index is 2.33. The highest BCUT2D eigenvalue weighted by Crippen LogP contribution is 2.31. The highest BCUT2D eigenvalue weighted by Gasteiger charge is 2.14. The summed E-state index contributed by atoms with van der Waals surface area (Å²) in [5, 5.41) is 10.7. The van der Waals surface area contributed by atoms with Gasteiger partial charge in [0.2, 0.25) is 5.43 Å². The van der Waals surface area contributed by atoms with Gasteiger partial charge in [0.15, 0.2) is 0 Å². The number of methoxy groups -OCH3 is 1. The van der Waals surface area contributed by atoms with Gasteiger partial charge in [0.25, 0.3) is 0 Å². The van der Waals surface area contributed by atoms with Crippen LogP contribution in [0.15, 0.2) is 39.5 Å². The molecule has 0 atom stereocenters. The highest BCUT2D eigenvalue weighted by atomic mass is 16.5. The minimum absolute atomic E-state index is 0.0479. The van der Waals surface area contributed by atoms with Crippen LogP contribution in [-0.4, -0.2) is 18.3 Å². The Kier molecular flexibility index (Phi) is 3.41. The molecule has 0 aliphatic rings. The third-order valence-corrected chi connectivity index (χ3v) is 3.30. The van der Waals surface area contributed by atoms with E-state index in [0.717, 1.165) is 0 Å². The smallest absolute Gasteiger partial charge is 0.204 e. The first-order chi connectivity index (χ1) is 10.5. The Morgan fingerprint density at radius 1 is 1.09 bits per heavy atom. The van der Waals surface area contributed by atoms with Crippen molar-refractivity contribution in [2.45, 2.75) is 20.0 Å². The van der Waals surface area contributed by atoms with Crippen LogP contribution in [0.4, 0.5) is 0 Å². The Morgan fingerprint density at radius 3 is 2.55 bits per heavy atom. The molecule has 1 heterocycles. The zero-order valence-corrected chi connectivity index (χ0v) is 12.5. The van der Waals surface area contributed by atoms with Crippen LogP contribution in [-0.2, 0) is 0 Å². The third-order valence-electron chi connectivity index (χ3n) is 3.30. The fourth-order valence-electron chi connectivity index (χ4n) is 2.38. The van der Waals surface area contributed by atoms with Crippen molar-refractivity contribution in [3.63, 3.8) is 0 Å². The molecule has 114 valence electrons. The first kappa shape index (κ1) is 14.3. The van der Waals surface area contributed by atoms with Crippen molar-refractivity contribution in [2.24, 2.45) is 0 Å². The molecule has 0 aliphatic heterocycles. The van der Waals surface area contributed by atoms with E-state index in [9.17, 15) is 9.90 Å². The lowest BCUT2D eigenvalue weighted by Crippen LogP contribution is -2.07. The van der Waals surface area contributed by atoms with Gasteiger partial charge in [-0.25, -0.2) is 0 Å². The molecule has 5 heteroatoms. The summed E-state index contributed by atoms with van der Waals surface area (Å²) in [7, 11) is 1.52. The molecular formula is C17H16O5. The van der Waals surface area contributed by atoms with Gasteiger partial charge in [-0.3, -0.25) is 4.79 Å². The van der Waals surface area contributed by atoms with E-state index in [4.69, 9.17) is 13.9 Å². The van der Waals surface area contributed by atoms with E-state index in [-0.39, 0.29) is 22.7 Å². The molecule has 0 unspecified atom stereocenters. The summed E-state index contributed by atoms with van der Waals surface area (Å²) in [6, 6.07) is 8.01. The number of rotatable bonds is 3. The zero-order valence-electron chi connectivity index (χ0n) is 12.5. The predicted molar refractivity (Wildman–Crippen MR) is 84.0 cm³/mol. The van der Waals surface area contributed by atoms with E-state index < -0.39 is 0 Å². The molecule has 0 fully saturated rings. The molecule has 0 spiro atoms. The summed E-state index contributed by atoms with van der Waals surface area (Å²) >= 11 is 0. The van der Waals surface area contributed by atoms with Gasteiger partial charge in [0.1, 0.15) is 33.8 Å². The van der Waals surface area contributed by atoms with Crippen LogP contribution in [0.25, 0.3) is 21.9 Å². The maximum Gasteiger partial charge on any atom is 0.204 e. The largest absolute Gasteiger partial charge is 0.507 e. The molecule has 0 radical (unpaired) electrons. The predicted octanol–water partition coefficient (Wildman–Crippen LogP) is 3.45. The van der Waals surface area contributed by atoms with Crippen molar-refractivity contribution in [2.75, 3.05) is 7.11 Å². The monoisotopic (exact) mass is 300 g/mol. The molecule has 22 heavy (non-hydrogen) atoms. The summed E-state index contributed by atoms with van der Waals surface area (Å²) in [5.74, 6) is 0.848. The van der Waals surface area contributed by atoms with E-state index in [1.54, 1.807) is 24.3 Å². The number of phenols is 1. The summed E-state index contributed by atoms with van der Waals surface area (Å²) < 4.78 is 16.4. The SMILES string of the molecule is COc1ccc2oc3cc(OC(C)C)cc(O)c3c(=O)c2c1. The van der Waals surface area contributed by atoms with Crippen molar-refractivity contribution in [3.05, 3.63) is 40.6 Å². The van der Waals surface area contributed by atoms with Gasteiger partial charge in [-0.05, 0) is 32.0 Å². The Morgan fingerprint density at radius 2 is 1.86 bits per heavy atom. The van der Waals surface area contributed by atoms with E-state index in [2.05, 4.69) is 0 Å². The van der Waals surface area contributed by atoms with Gasteiger partial charge in [0.05, 0.1) is 18.6 Å². The Bertz CT molecular complexity index is 908. The van der Waals surface area contributed by atoms with Crippen molar-refractivity contribution < 1.29 is 19.0 Å². The first-order valence-corrected chi connectivity index (χ1v) is 6.94. The second-order valence-corrected chi connectivity index (χ2v) is 5.28. The second-order valence-electron chi connectivity index (χ2n) is 5.28. The third kappa shape index (κ3) is 2.35. The molecule has 3 rings (SSSR count). The van der Waals surface area contributed by atoms with Crippen LogP contribution in [0.5, 0.6) is 17.2 Å². The molecular weight excluding hydrogens is 284 g/mol. The van der Waals surface area contributed by atoms with E-state index in [0.29, 0.717) is 28.1 Å². The number of ether oxygens (including phenoxy) is 2. The fraction of sp³-hybridized carbons (Fsp3) is 0.235. The van der Waals surface area contributed by atoms with Crippen LogP contribution >= 0.6 is 0 Å². The molecule has 3 aromatic rings. The number of hydrogen-bond acceptors (Lipinski definition) is 5. The molecule has 1 N–H and O–H groups in total. The normalized spacial score (nSPS) is 11.3. The van der Waals surface area contributed by atoms with Gasteiger partial charge < -0.3 is 19.0 Å². The van der Waals surface area contributed by atoms with Crippen LogP contribution < -0.4 is 14.9 Å². The van der Waals surface area contributed by atoms with Gasteiger partial charge in [0, 0.05) is 12.1 Å². The highest BCUT2D eigenvalue weighted by molar-refractivity contribution is 5.94. The van der Waals surface area contributed by atoms with Crippen LogP contribution in [0, 0.1) is 0 Å². The number of phenolic OH excluding ortho intramolecular Hbond substituents is 1. The van der Waals surface area contributed by atoms with Crippen molar-refractivity contribution in [3.8, 4) is 17.2 Å². The van der Waals surface area contributed by atoms with E-state index in [1.165, 1.54) is 13.2 Å². The lowest BCUT2D eigenvalue weighted by Gasteiger charge is -2.11. The maximum atomic E-state index is 12.6. The van der Waals surface area contributed by atoms with Crippen molar-refractivity contribution in [1.82, 2.24) is 0 Å². The molecule has 0 aliphatic carbocycles. The van der Waals surface area contributed by atoms with Gasteiger partial charge >= 0.3 is 0 Å². The average molecular weight is 300 g/mol. The standard InChI is InChI=1S/C17H16O5/c1-9(2)21-11-7-13(18)16-15(8-11)22-14-5-4-10(20-3)6-12(14)17(16)19/h4-9,18H,1-3H3. The number of fused-ring (bicyclic) bond motifs is 2. The van der Waals surface area contributed by atoms with Gasteiger partial charge in [-0.1, -0.05) is 0 Å². The molecule has 5 nitrogen and oxygen atoms in total. The quantitative estimate of drug-likeness (QED) is 0.750. The first-order valence-electron chi connectivity index (χ1n) is 6.94. The summed E-state index contributed by atoms with van der Waals surface area (Å²) in [5.41, 5.74) is 0.418. The van der Waals surface area contributed by atoms with Crippen LogP contribution in [0.3, 0.4) is 0 Å². The summed E-state index contributed by atoms with van der Waals surface area (Å²) in [6.07, 6.45) is -0.0479. The molecule has 1 aromatic heterocycles. The van der Waals surface area contributed by atoms with Crippen molar-refractivity contribution in [1.29, 1.82) is 0 Å². The summed E-state index contributed by atoms with van der Waals surface area (Å²) in [4.78, 5) is 12.6. The van der Waals surface area contributed by atoms with Gasteiger partial charge in [-0.2, -0.15) is 0 Å². The van der Waals surface area contributed by atoms with Crippen LogP contribution in [0.2, 0.25) is 0 Å². The topological polar surface area (TPSA) is 68.9 Å². The molecule has 0 saturated heterocycles. The number of benzene rings is 2. The van der Waals surface area contributed by atoms with Gasteiger partial charge in [-0.15, -0.1) is 0 Å². The molecule has 0 amide bonds. The zero-order chi connectivity index (χ0) is 15.9. The lowest BCUT2D eigenvalue weighted by molar-refractivity contribution is 0.241. The van der Waals surface area contributed by atoms with Crippen LogP contribution in [0.1, 0.15) is 13.8 Å². The van der Waals surface area contributed by atoms with Crippen molar-refractivity contribution >= 4 is 21.9 Å². The maximum absolute atomic E-state index is 12.6. The average Bonchev–Trinajstić information content (AvgIpc) is 2.46. The molecule has 0 bridgehead atoms. The minimum Gasteiger partial charge on any atom is -0.507 e. The minimum atomic E-state index is -0.302. The number of hydrogen-bond donors (Lipinski definition) is 1. The number of aromatic hydroxyl groups is 1. The summed E-state index contributed by atoms with van der Waals surface area (Å²) in [6.45, 7) is 3.76. The Hall–Kier alpha value is -2.69. The fourth-order valence-corrected chi connectivity index (χ4v) is 2.38. The van der Waals surface area contributed by atoms with E-state index in [1.807, 2.05) is 13.8 Å². The lowest BCUT2D eigenvalue weighted by atomic mass is 10.1.